The topological polar surface area (TPSA) is 60.8 Å². The molecule has 0 spiro atoms. The van der Waals surface area contributed by atoms with E-state index in [1.54, 1.807) is 47.4 Å². The van der Waals surface area contributed by atoms with Crippen molar-refractivity contribution >= 4 is 17.4 Å². The number of piperidine rings is 1. The van der Waals surface area contributed by atoms with E-state index in [1.807, 2.05) is 12.1 Å². The van der Waals surface area contributed by atoms with Crippen LogP contribution >= 0.6 is 11.6 Å². The second-order valence-corrected chi connectivity index (χ2v) is 7.92. The Balaban J connectivity index is 1.51. The summed E-state index contributed by atoms with van der Waals surface area (Å²) in [5.74, 6) is -0.541. The molecule has 150 valence electrons. The van der Waals surface area contributed by atoms with Gasteiger partial charge in [0.2, 0.25) is 0 Å². The van der Waals surface area contributed by atoms with Crippen molar-refractivity contribution in [1.82, 2.24) is 4.90 Å². The van der Waals surface area contributed by atoms with E-state index in [4.69, 9.17) is 11.6 Å². The monoisotopic (exact) mass is 405 g/mol. The van der Waals surface area contributed by atoms with Crippen LogP contribution in [0.25, 0.3) is 0 Å². The number of carbonyl (C=O) groups excluding carboxylic acids is 1. The van der Waals surface area contributed by atoms with E-state index in [9.17, 15) is 19.4 Å². The zero-order valence-electron chi connectivity index (χ0n) is 15.6. The highest BCUT2D eigenvalue weighted by Gasteiger charge is 2.36. The number of rotatable bonds is 7. The summed E-state index contributed by atoms with van der Waals surface area (Å²) in [6.45, 7) is 0.722. The Kier molecular flexibility index (Phi) is 6.83. The number of carbonyl (C=O) groups is 1. The van der Waals surface area contributed by atoms with Crippen LogP contribution in [0, 0.1) is 0 Å². The lowest BCUT2D eigenvalue weighted by Gasteiger charge is -2.39. The van der Waals surface area contributed by atoms with Gasteiger partial charge >= 0.3 is 0 Å². The predicted octanol–water partition coefficient (Wildman–Crippen LogP) is 3.70. The van der Waals surface area contributed by atoms with Crippen molar-refractivity contribution in [2.45, 2.75) is 43.7 Å². The number of aliphatic hydroxyl groups is 2. The molecule has 0 radical (unpaired) electrons. The summed E-state index contributed by atoms with van der Waals surface area (Å²) in [5.41, 5.74) is 0.562. The minimum absolute atomic E-state index is 0.361. The molecule has 2 N–H and O–H groups in total. The normalized spacial score (nSPS) is 19.1. The molecule has 2 aromatic rings. The van der Waals surface area contributed by atoms with Crippen LogP contribution in [-0.4, -0.2) is 45.9 Å². The molecule has 28 heavy (non-hydrogen) atoms. The minimum Gasteiger partial charge on any atom is -0.389 e. The van der Waals surface area contributed by atoms with Crippen molar-refractivity contribution in [2.24, 2.45) is 0 Å². The quantitative estimate of drug-likeness (QED) is 0.689. The van der Waals surface area contributed by atoms with E-state index in [1.165, 1.54) is 0 Å². The Labute approximate surface area is 169 Å². The first-order valence-electron chi connectivity index (χ1n) is 9.47. The SMILES string of the molecule is O=C(CC(F)N1CCC(O)(Cc2ccc(Cl)cc2)CC1)C(O)c1ccccc1. The minimum atomic E-state index is -1.47. The van der Waals surface area contributed by atoms with Gasteiger partial charge in [-0.3, -0.25) is 9.69 Å². The van der Waals surface area contributed by atoms with Gasteiger partial charge in [0.25, 0.3) is 0 Å². The first-order chi connectivity index (χ1) is 13.4. The summed E-state index contributed by atoms with van der Waals surface area (Å²) in [5, 5.41) is 21.6. The molecule has 2 atom stereocenters. The molecule has 1 saturated heterocycles. The summed E-state index contributed by atoms with van der Waals surface area (Å²) >= 11 is 5.89. The van der Waals surface area contributed by atoms with Gasteiger partial charge in [0, 0.05) is 24.5 Å². The van der Waals surface area contributed by atoms with E-state index in [-0.39, 0.29) is 6.42 Å². The zero-order valence-corrected chi connectivity index (χ0v) is 16.4. The molecule has 0 bridgehead atoms. The van der Waals surface area contributed by atoms with Crippen LogP contribution in [-0.2, 0) is 11.2 Å². The molecule has 0 saturated carbocycles. The second-order valence-electron chi connectivity index (χ2n) is 7.48. The smallest absolute Gasteiger partial charge is 0.170 e. The third kappa shape index (κ3) is 5.39. The Bertz CT molecular complexity index is 776. The lowest BCUT2D eigenvalue weighted by Crippen LogP contribution is -2.48. The molecule has 0 aromatic heterocycles. The average Bonchev–Trinajstić information content (AvgIpc) is 2.70. The molecule has 6 heteroatoms. The highest BCUT2D eigenvalue weighted by molar-refractivity contribution is 6.30. The maximum absolute atomic E-state index is 14.6. The van der Waals surface area contributed by atoms with Crippen LogP contribution in [0.5, 0.6) is 0 Å². The van der Waals surface area contributed by atoms with E-state index in [0.29, 0.717) is 42.9 Å². The number of alkyl halides is 1. The number of aliphatic hydroxyl groups excluding tert-OH is 1. The summed E-state index contributed by atoms with van der Waals surface area (Å²) in [7, 11) is 0. The van der Waals surface area contributed by atoms with Gasteiger partial charge in [-0.1, -0.05) is 54.1 Å². The van der Waals surface area contributed by atoms with E-state index < -0.39 is 23.8 Å². The molecule has 1 heterocycles. The largest absolute Gasteiger partial charge is 0.389 e. The number of halogens is 2. The number of nitrogens with zero attached hydrogens (tertiary/aromatic N) is 1. The van der Waals surface area contributed by atoms with Gasteiger partial charge in [-0.2, -0.15) is 0 Å². The van der Waals surface area contributed by atoms with Crippen LogP contribution in [0.3, 0.4) is 0 Å². The van der Waals surface area contributed by atoms with Gasteiger partial charge in [-0.15, -0.1) is 0 Å². The highest BCUT2D eigenvalue weighted by Crippen LogP contribution is 2.29. The van der Waals surface area contributed by atoms with Crippen molar-refractivity contribution in [2.75, 3.05) is 13.1 Å². The van der Waals surface area contributed by atoms with Crippen LogP contribution in [0.2, 0.25) is 5.02 Å². The van der Waals surface area contributed by atoms with Crippen LogP contribution in [0.4, 0.5) is 4.39 Å². The van der Waals surface area contributed by atoms with Crippen LogP contribution < -0.4 is 0 Å². The third-order valence-electron chi connectivity index (χ3n) is 5.36. The molecule has 2 unspecified atom stereocenters. The summed E-state index contributed by atoms with van der Waals surface area (Å²) in [4.78, 5) is 13.8. The van der Waals surface area contributed by atoms with Gasteiger partial charge in [0.05, 0.1) is 12.0 Å². The molecule has 3 rings (SSSR count). The van der Waals surface area contributed by atoms with Crippen molar-refractivity contribution in [3.63, 3.8) is 0 Å². The Hall–Kier alpha value is -1.79. The number of likely N-dealkylation sites (tertiary alicyclic amines) is 1. The third-order valence-corrected chi connectivity index (χ3v) is 5.61. The van der Waals surface area contributed by atoms with Crippen molar-refractivity contribution < 1.29 is 19.4 Å². The van der Waals surface area contributed by atoms with Gasteiger partial charge < -0.3 is 10.2 Å². The lowest BCUT2D eigenvalue weighted by molar-refractivity contribution is -0.131. The maximum atomic E-state index is 14.6. The maximum Gasteiger partial charge on any atom is 0.170 e. The molecule has 4 nitrogen and oxygen atoms in total. The fraction of sp³-hybridized carbons (Fsp3) is 0.409. The number of hydrogen-bond acceptors (Lipinski definition) is 4. The van der Waals surface area contributed by atoms with Crippen molar-refractivity contribution in [3.05, 3.63) is 70.7 Å². The lowest BCUT2D eigenvalue weighted by atomic mass is 9.85. The number of ketones is 1. The zero-order chi connectivity index (χ0) is 20.1. The molecule has 1 fully saturated rings. The molecular formula is C22H25ClFNO3. The summed E-state index contributed by atoms with van der Waals surface area (Å²) < 4.78 is 14.6. The molecular weight excluding hydrogens is 381 g/mol. The Morgan fingerprint density at radius 3 is 2.32 bits per heavy atom. The van der Waals surface area contributed by atoms with E-state index in [0.717, 1.165) is 5.56 Å². The summed E-state index contributed by atoms with van der Waals surface area (Å²) in [6, 6.07) is 15.9. The van der Waals surface area contributed by atoms with Gasteiger partial charge in [-0.05, 0) is 36.1 Å². The summed E-state index contributed by atoms with van der Waals surface area (Å²) in [6.07, 6.45) is -1.82. The molecule has 1 aliphatic heterocycles. The van der Waals surface area contributed by atoms with Gasteiger partial charge in [-0.25, -0.2) is 4.39 Å². The van der Waals surface area contributed by atoms with Crippen LogP contribution in [0.1, 0.15) is 36.5 Å². The number of benzene rings is 2. The standard InChI is InChI=1S/C22H25ClFNO3/c23-18-8-6-16(7-9-18)15-22(28)10-12-25(13-11-22)20(24)14-19(26)21(27)17-4-2-1-3-5-17/h1-9,20-21,27-28H,10-15H2. The van der Waals surface area contributed by atoms with Crippen molar-refractivity contribution in [3.8, 4) is 0 Å². The Morgan fingerprint density at radius 1 is 1.11 bits per heavy atom. The number of hydrogen-bond donors (Lipinski definition) is 2. The molecule has 0 amide bonds. The number of Topliss-reactive ketones (excluding diaryl/α,β-unsaturated/α-hetero) is 1. The molecule has 1 aliphatic rings. The molecule has 2 aromatic carbocycles. The first-order valence-corrected chi connectivity index (χ1v) is 9.85. The fourth-order valence-corrected chi connectivity index (χ4v) is 3.73. The van der Waals surface area contributed by atoms with Gasteiger partial charge in [0.15, 0.2) is 12.1 Å². The second kappa shape index (κ2) is 9.14. The van der Waals surface area contributed by atoms with Crippen LogP contribution in [0.15, 0.2) is 54.6 Å². The average molecular weight is 406 g/mol. The van der Waals surface area contributed by atoms with Crippen molar-refractivity contribution in [1.29, 1.82) is 0 Å². The van der Waals surface area contributed by atoms with E-state index in [2.05, 4.69) is 0 Å². The highest BCUT2D eigenvalue weighted by atomic mass is 35.5. The molecule has 0 aliphatic carbocycles. The predicted molar refractivity (Wildman–Crippen MR) is 107 cm³/mol. The van der Waals surface area contributed by atoms with Gasteiger partial charge in [0.1, 0.15) is 6.10 Å². The van der Waals surface area contributed by atoms with E-state index >= 15 is 0 Å². The fourth-order valence-electron chi connectivity index (χ4n) is 3.61. The Morgan fingerprint density at radius 2 is 1.71 bits per heavy atom. The first kappa shape index (κ1) is 20.9.